The number of likely N-dealkylation sites (N-methyl/N-ethyl adjacent to an activating group) is 1. The lowest BCUT2D eigenvalue weighted by Crippen LogP contribution is -2.19. The van der Waals surface area contributed by atoms with Crippen LogP contribution in [0.2, 0.25) is 0 Å². The van der Waals surface area contributed by atoms with E-state index in [0.29, 0.717) is 6.61 Å². The molecular weight excluding hydrogens is 376 g/mol. The van der Waals surface area contributed by atoms with E-state index < -0.39 is 0 Å². The molecular formula is C24H22N4O2. The number of H-pyrrole nitrogens is 1. The highest BCUT2D eigenvalue weighted by Gasteiger charge is 2.19. The number of nitrogens with zero attached hydrogens (tertiary/aromatic N) is 3. The van der Waals surface area contributed by atoms with Gasteiger partial charge < -0.3 is 14.6 Å². The molecule has 2 heterocycles. The highest BCUT2D eigenvalue weighted by molar-refractivity contribution is 6.02. The molecule has 0 atom stereocenters. The van der Waals surface area contributed by atoms with Crippen LogP contribution in [0, 0.1) is 0 Å². The van der Waals surface area contributed by atoms with E-state index in [-0.39, 0.29) is 5.69 Å². The number of aromatic amines is 1. The smallest absolute Gasteiger partial charge is 0.331 e. The average molecular weight is 398 g/mol. The van der Waals surface area contributed by atoms with E-state index in [4.69, 9.17) is 9.73 Å². The first kappa shape index (κ1) is 18.4. The van der Waals surface area contributed by atoms with Crippen LogP contribution in [-0.4, -0.2) is 47.9 Å². The van der Waals surface area contributed by atoms with Crippen molar-refractivity contribution in [3.8, 4) is 22.6 Å². The standard InChI is InChI=1S/C24H22N4O2/c1-27(2)13-14-30-18-11-9-16(10-12-18)19-6-4-8-21-22(19)25-15-17-5-3-7-20-23(17)28(21)24(29)26-20/h3-12,15H,13-14H2,1-2H3,(H,26,29). The molecule has 30 heavy (non-hydrogen) atoms. The van der Waals surface area contributed by atoms with Crippen LogP contribution in [0.1, 0.15) is 5.56 Å². The predicted octanol–water partition coefficient (Wildman–Crippen LogP) is 3.99. The monoisotopic (exact) mass is 398 g/mol. The van der Waals surface area contributed by atoms with Crippen molar-refractivity contribution >= 4 is 22.9 Å². The molecule has 150 valence electrons. The number of para-hydroxylation sites is 2. The van der Waals surface area contributed by atoms with Crippen LogP contribution in [0.4, 0.5) is 5.69 Å². The number of aliphatic imine (C=N–C) groups is 1. The van der Waals surface area contributed by atoms with E-state index >= 15 is 0 Å². The Morgan fingerprint density at radius 2 is 1.83 bits per heavy atom. The number of imidazole rings is 1. The Morgan fingerprint density at radius 1 is 1.03 bits per heavy atom. The van der Waals surface area contributed by atoms with Gasteiger partial charge in [0.15, 0.2) is 0 Å². The van der Waals surface area contributed by atoms with Gasteiger partial charge in [0, 0.05) is 23.9 Å². The molecule has 0 radical (unpaired) electrons. The molecule has 0 amide bonds. The largest absolute Gasteiger partial charge is 0.492 e. The normalized spacial score (nSPS) is 12.2. The van der Waals surface area contributed by atoms with Gasteiger partial charge in [0.2, 0.25) is 0 Å². The second-order valence-electron chi connectivity index (χ2n) is 7.62. The van der Waals surface area contributed by atoms with Crippen molar-refractivity contribution in [2.45, 2.75) is 0 Å². The Bertz CT molecular complexity index is 1310. The van der Waals surface area contributed by atoms with Crippen LogP contribution in [-0.2, 0) is 0 Å². The maximum Gasteiger partial charge on any atom is 0.331 e. The summed E-state index contributed by atoms with van der Waals surface area (Å²) in [5.74, 6) is 0.835. The summed E-state index contributed by atoms with van der Waals surface area (Å²) in [7, 11) is 4.05. The first-order valence-corrected chi connectivity index (χ1v) is 9.91. The van der Waals surface area contributed by atoms with E-state index in [1.807, 2.05) is 81.0 Å². The molecule has 5 rings (SSSR count). The first-order valence-electron chi connectivity index (χ1n) is 9.91. The maximum atomic E-state index is 12.7. The van der Waals surface area contributed by atoms with E-state index in [1.165, 1.54) is 0 Å². The first-order chi connectivity index (χ1) is 14.6. The van der Waals surface area contributed by atoms with Crippen LogP contribution >= 0.6 is 0 Å². The number of nitrogens with one attached hydrogen (secondary N) is 1. The molecule has 6 nitrogen and oxygen atoms in total. The van der Waals surface area contributed by atoms with Gasteiger partial charge in [0.05, 0.1) is 22.4 Å². The number of hydrogen-bond acceptors (Lipinski definition) is 4. The molecule has 0 bridgehead atoms. The van der Waals surface area contributed by atoms with Gasteiger partial charge in [-0.1, -0.05) is 36.4 Å². The van der Waals surface area contributed by atoms with Crippen molar-refractivity contribution in [3.05, 3.63) is 76.7 Å². The summed E-state index contributed by atoms with van der Waals surface area (Å²) in [4.78, 5) is 22.6. The van der Waals surface area contributed by atoms with Crippen LogP contribution in [0.5, 0.6) is 5.75 Å². The van der Waals surface area contributed by atoms with Gasteiger partial charge in [-0.05, 0) is 43.9 Å². The number of aromatic nitrogens is 2. The quantitative estimate of drug-likeness (QED) is 0.487. The van der Waals surface area contributed by atoms with E-state index in [0.717, 1.165) is 51.4 Å². The molecule has 6 heteroatoms. The molecule has 1 aromatic heterocycles. The van der Waals surface area contributed by atoms with Gasteiger partial charge >= 0.3 is 5.69 Å². The second-order valence-corrected chi connectivity index (χ2v) is 7.62. The van der Waals surface area contributed by atoms with Crippen molar-refractivity contribution < 1.29 is 4.74 Å². The van der Waals surface area contributed by atoms with Crippen LogP contribution in [0.25, 0.3) is 27.8 Å². The Kier molecular flexibility index (Phi) is 4.48. The summed E-state index contributed by atoms with van der Waals surface area (Å²) in [6.07, 6.45) is 1.83. The summed E-state index contributed by atoms with van der Waals surface area (Å²) >= 11 is 0. The molecule has 0 aliphatic carbocycles. The van der Waals surface area contributed by atoms with Crippen molar-refractivity contribution in [1.29, 1.82) is 0 Å². The van der Waals surface area contributed by atoms with Crippen LogP contribution < -0.4 is 10.4 Å². The number of hydrogen-bond donors (Lipinski definition) is 1. The summed E-state index contributed by atoms with van der Waals surface area (Å²) in [6.45, 7) is 1.51. The Labute approximate surface area is 174 Å². The number of ether oxygens (including phenoxy) is 1. The minimum Gasteiger partial charge on any atom is -0.492 e. The van der Waals surface area contributed by atoms with Crippen molar-refractivity contribution in [3.63, 3.8) is 0 Å². The third kappa shape index (κ3) is 3.11. The fourth-order valence-electron chi connectivity index (χ4n) is 3.81. The zero-order chi connectivity index (χ0) is 20.7. The summed E-state index contributed by atoms with van der Waals surface area (Å²) in [5.41, 5.74) is 5.96. The summed E-state index contributed by atoms with van der Waals surface area (Å²) < 4.78 is 7.52. The van der Waals surface area contributed by atoms with Gasteiger partial charge in [0.25, 0.3) is 0 Å². The molecule has 0 fully saturated rings. The molecule has 0 saturated heterocycles. The van der Waals surface area contributed by atoms with E-state index in [9.17, 15) is 4.79 Å². The molecule has 0 unspecified atom stereocenters. The lowest BCUT2D eigenvalue weighted by atomic mass is 10.0. The Balaban J connectivity index is 1.57. The van der Waals surface area contributed by atoms with Crippen LogP contribution in [0.15, 0.2) is 70.5 Å². The minimum absolute atomic E-state index is 0.161. The molecule has 1 aliphatic rings. The van der Waals surface area contributed by atoms with Gasteiger partial charge in [-0.25, -0.2) is 4.79 Å². The number of fused-ring (bicyclic) bond motifs is 2. The van der Waals surface area contributed by atoms with Gasteiger partial charge in [-0.2, -0.15) is 0 Å². The van der Waals surface area contributed by atoms with Crippen molar-refractivity contribution in [2.75, 3.05) is 27.2 Å². The second kappa shape index (κ2) is 7.31. The van der Waals surface area contributed by atoms with Gasteiger partial charge in [-0.15, -0.1) is 0 Å². The zero-order valence-electron chi connectivity index (χ0n) is 16.9. The molecule has 0 spiro atoms. The SMILES string of the molecule is CN(C)CCOc1ccc(-c2cccc3c2N=Cc2cccc4[nH]c(=O)n-3c24)cc1. The fraction of sp³-hybridized carbons (Fsp3) is 0.167. The maximum absolute atomic E-state index is 12.7. The summed E-state index contributed by atoms with van der Waals surface area (Å²) in [6, 6.07) is 19.7. The molecule has 4 aromatic rings. The van der Waals surface area contributed by atoms with Gasteiger partial charge in [-0.3, -0.25) is 9.56 Å². The fourth-order valence-corrected chi connectivity index (χ4v) is 3.81. The number of benzene rings is 3. The van der Waals surface area contributed by atoms with Crippen molar-refractivity contribution in [2.24, 2.45) is 4.99 Å². The lowest BCUT2D eigenvalue weighted by Gasteiger charge is -2.13. The van der Waals surface area contributed by atoms with Crippen LogP contribution in [0.3, 0.4) is 0 Å². The zero-order valence-corrected chi connectivity index (χ0v) is 16.9. The minimum atomic E-state index is -0.161. The van der Waals surface area contributed by atoms with Crippen molar-refractivity contribution in [1.82, 2.24) is 14.5 Å². The average Bonchev–Trinajstić information content (AvgIpc) is 2.97. The summed E-state index contributed by atoms with van der Waals surface area (Å²) in [5, 5.41) is 0. The third-order valence-electron chi connectivity index (χ3n) is 5.30. The highest BCUT2D eigenvalue weighted by Crippen LogP contribution is 2.38. The Hall–Kier alpha value is -3.64. The topological polar surface area (TPSA) is 62.6 Å². The Morgan fingerprint density at radius 3 is 2.63 bits per heavy atom. The number of rotatable bonds is 5. The third-order valence-corrected chi connectivity index (χ3v) is 5.30. The molecule has 1 N–H and O–H groups in total. The molecule has 0 saturated carbocycles. The van der Waals surface area contributed by atoms with E-state index in [2.05, 4.69) is 9.88 Å². The van der Waals surface area contributed by atoms with E-state index in [1.54, 1.807) is 4.57 Å². The van der Waals surface area contributed by atoms with Gasteiger partial charge in [0.1, 0.15) is 12.4 Å². The lowest BCUT2D eigenvalue weighted by molar-refractivity contribution is 0.261. The highest BCUT2D eigenvalue weighted by atomic mass is 16.5. The predicted molar refractivity (Wildman–Crippen MR) is 121 cm³/mol. The molecule has 1 aliphatic heterocycles. The molecule has 3 aromatic carbocycles.